The summed E-state index contributed by atoms with van der Waals surface area (Å²) >= 11 is 6.53. The minimum atomic E-state index is -0.577. The molecule has 3 aromatic carbocycles. The van der Waals surface area contributed by atoms with Gasteiger partial charge in [0.15, 0.2) is 0 Å². The number of aromatic hydroxyl groups is 1. The number of phenolic OH excluding ortho intramolecular Hbond substituents is 1. The Hall–Kier alpha value is -3.78. The first-order valence-corrected chi connectivity index (χ1v) is 11.0. The van der Waals surface area contributed by atoms with Crippen LogP contribution in [-0.4, -0.2) is 22.9 Å². The molecule has 0 fully saturated rings. The van der Waals surface area contributed by atoms with E-state index in [0.29, 0.717) is 16.9 Å². The molecule has 0 unspecified atom stereocenters. The first-order chi connectivity index (χ1) is 16.1. The molecule has 3 aromatic rings. The largest absolute Gasteiger partial charge is 0.505 e. The number of hydrogen-bond acceptors (Lipinski definition) is 5. The molecule has 8 N–H and O–H groups in total. The number of anilines is 2. The molecule has 9 heteroatoms. The van der Waals surface area contributed by atoms with Gasteiger partial charge in [-0.3, -0.25) is 10.2 Å². The lowest BCUT2D eigenvalue weighted by Gasteiger charge is -2.20. The number of nitrogen functional groups attached to an aromatic ring is 2. The van der Waals surface area contributed by atoms with E-state index in [0.717, 1.165) is 5.56 Å². The summed E-state index contributed by atoms with van der Waals surface area (Å²) in [6, 6.07) is 12.4. The summed E-state index contributed by atoms with van der Waals surface area (Å²) in [6.45, 7) is 4.00. The maximum Gasteiger partial charge on any atom is 0.224 e. The van der Waals surface area contributed by atoms with E-state index in [2.05, 4.69) is 10.6 Å². The standard InChI is InChI=1S/C25H27ClFN5O2/c1-13(2)32-21-11-19(26)23(17-9-16(28)7-8-20(17)27)18(24(21)34)10-22(33)31-12-14-3-5-15(6-4-14)25(29)30/h3-9,11,13,32,34H,10,12,28H2,1-2H3,(H3,29,30)(H,31,33). The van der Waals surface area contributed by atoms with Crippen molar-refractivity contribution in [2.24, 2.45) is 5.73 Å². The van der Waals surface area contributed by atoms with Crippen molar-refractivity contribution in [3.05, 3.63) is 76.1 Å². The number of carbonyl (C=O) groups excluding carboxylic acids is 1. The van der Waals surface area contributed by atoms with Gasteiger partial charge in [0.1, 0.15) is 17.4 Å². The highest BCUT2D eigenvalue weighted by Gasteiger charge is 2.23. The maximum absolute atomic E-state index is 14.7. The third kappa shape index (κ3) is 5.77. The summed E-state index contributed by atoms with van der Waals surface area (Å²) in [5.74, 6) is -1.20. The zero-order chi connectivity index (χ0) is 25.0. The molecule has 0 saturated heterocycles. The van der Waals surface area contributed by atoms with Gasteiger partial charge in [-0.05, 0) is 43.7 Å². The second kappa shape index (κ2) is 10.4. The number of halogens is 2. The van der Waals surface area contributed by atoms with Crippen molar-refractivity contribution in [1.82, 2.24) is 5.32 Å². The van der Waals surface area contributed by atoms with Crippen molar-refractivity contribution < 1.29 is 14.3 Å². The molecule has 0 aliphatic carbocycles. The minimum Gasteiger partial charge on any atom is -0.505 e. The molecule has 1 amide bonds. The van der Waals surface area contributed by atoms with E-state index in [1.54, 1.807) is 24.3 Å². The Kier molecular flexibility index (Phi) is 7.63. The second-order valence-corrected chi connectivity index (χ2v) is 8.62. The fourth-order valence-electron chi connectivity index (χ4n) is 3.54. The Morgan fingerprint density at radius 3 is 2.47 bits per heavy atom. The number of rotatable bonds is 8. The molecule has 0 bridgehead atoms. The molecule has 0 heterocycles. The third-order valence-electron chi connectivity index (χ3n) is 5.15. The van der Waals surface area contributed by atoms with E-state index < -0.39 is 11.7 Å². The van der Waals surface area contributed by atoms with Crippen molar-refractivity contribution in [2.45, 2.75) is 32.9 Å². The lowest BCUT2D eigenvalue weighted by molar-refractivity contribution is -0.120. The number of phenols is 1. The predicted octanol–water partition coefficient (Wildman–Crippen LogP) is 4.40. The molecule has 7 nitrogen and oxygen atoms in total. The number of amidine groups is 1. The molecule has 0 atom stereocenters. The van der Waals surface area contributed by atoms with Gasteiger partial charge in [-0.2, -0.15) is 0 Å². The van der Waals surface area contributed by atoms with Crippen molar-refractivity contribution >= 4 is 34.7 Å². The van der Waals surface area contributed by atoms with Crippen LogP contribution in [0.5, 0.6) is 5.75 Å². The van der Waals surface area contributed by atoms with Crippen molar-refractivity contribution in [3.8, 4) is 16.9 Å². The zero-order valence-electron chi connectivity index (χ0n) is 18.9. The summed E-state index contributed by atoms with van der Waals surface area (Å²) in [5, 5.41) is 24.5. The van der Waals surface area contributed by atoms with E-state index in [1.807, 2.05) is 13.8 Å². The summed E-state index contributed by atoms with van der Waals surface area (Å²) in [5.41, 5.74) is 13.9. The van der Waals surface area contributed by atoms with Gasteiger partial charge >= 0.3 is 0 Å². The van der Waals surface area contributed by atoms with Gasteiger partial charge in [-0.1, -0.05) is 35.9 Å². The summed E-state index contributed by atoms with van der Waals surface area (Å²) in [4.78, 5) is 12.8. The Bertz CT molecular complexity index is 1230. The van der Waals surface area contributed by atoms with Gasteiger partial charge in [0.25, 0.3) is 0 Å². The minimum absolute atomic E-state index is 0.0171. The van der Waals surface area contributed by atoms with Gasteiger partial charge in [0, 0.05) is 40.5 Å². The Morgan fingerprint density at radius 2 is 1.85 bits per heavy atom. The smallest absolute Gasteiger partial charge is 0.224 e. The van der Waals surface area contributed by atoms with Crippen molar-refractivity contribution in [3.63, 3.8) is 0 Å². The van der Waals surface area contributed by atoms with Gasteiger partial charge in [-0.15, -0.1) is 0 Å². The average Bonchev–Trinajstić information content (AvgIpc) is 2.77. The van der Waals surface area contributed by atoms with Crippen LogP contribution in [0.2, 0.25) is 5.02 Å². The van der Waals surface area contributed by atoms with Crippen LogP contribution in [-0.2, 0) is 17.8 Å². The number of hydrogen-bond donors (Lipinski definition) is 6. The van der Waals surface area contributed by atoms with Crippen LogP contribution in [0.15, 0.2) is 48.5 Å². The lowest BCUT2D eigenvalue weighted by Crippen LogP contribution is -2.25. The van der Waals surface area contributed by atoms with E-state index in [-0.39, 0.29) is 52.3 Å². The number of benzene rings is 3. The number of nitrogens with one attached hydrogen (secondary N) is 3. The van der Waals surface area contributed by atoms with E-state index in [4.69, 9.17) is 28.5 Å². The maximum atomic E-state index is 14.7. The Morgan fingerprint density at radius 1 is 1.18 bits per heavy atom. The molecule has 0 spiro atoms. The fraction of sp³-hybridized carbons (Fsp3) is 0.200. The second-order valence-electron chi connectivity index (χ2n) is 8.21. The third-order valence-corrected chi connectivity index (χ3v) is 5.45. The van der Waals surface area contributed by atoms with Crippen LogP contribution in [0.4, 0.5) is 15.8 Å². The van der Waals surface area contributed by atoms with Crippen LogP contribution in [0, 0.1) is 11.2 Å². The summed E-state index contributed by atoms with van der Waals surface area (Å²) in [6.07, 6.45) is -0.242. The molecular weight excluding hydrogens is 457 g/mol. The molecule has 34 heavy (non-hydrogen) atoms. The van der Waals surface area contributed by atoms with Crippen LogP contribution in [0.3, 0.4) is 0 Å². The van der Waals surface area contributed by atoms with Crippen molar-refractivity contribution in [1.29, 1.82) is 5.41 Å². The van der Waals surface area contributed by atoms with Gasteiger partial charge in [-0.25, -0.2) is 4.39 Å². The number of nitrogens with two attached hydrogens (primary N) is 2. The SMILES string of the molecule is CC(C)Nc1cc(Cl)c(-c2cc(N)ccc2F)c(CC(=O)NCc2ccc(C(=N)N)cc2)c1O. The predicted molar refractivity (Wildman–Crippen MR) is 135 cm³/mol. The van der Waals surface area contributed by atoms with E-state index in [1.165, 1.54) is 24.3 Å². The van der Waals surface area contributed by atoms with E-state index in [9.17, 15) is 14.3 Å². The quantitative estimate of drug-likeness (QED) is 0.122. The zero-order valence-corrected chi connectivity index (χ0v) is 19.6. The molecule has 0 saturated carbocycles. The van der Waals surface area contributed by atoms with Crippen LogP contribution in [0.1, 0.15) is 30.5 Å². The number of amides is 1. The monoisotopic (exact) mass is 483 g/mol. The Balaban J connectivity index is 1.94. The van der Waals surface area contributed by atoms with Gasteiger partial charge < -0.3 is 27.2 Å². The van der Waals surface area contributed by atoms with Gasteiger partial charge in [0.2, 0.25) is 5.91 Å². The first-order valence-electron chi connectivity index (χ1n) is 10.6. The first kappa shape index (κ1) is 24.9. The molecule has 0 aromatic heterocycles. The van der Waals surface area contributed by atoms with Crippen LogP contribution >= 0.6 is 11.6 Å². The normalized spacial score (nSPS) is 10.9. The average molecular weight is 484 g/mol. The molecular formula is C25H27ClFN5O2. The molecule has 3 rings (SSSR count). The molecule has 178 valence electrons. The topological polar surface area (TPSA) is 137 Å². The van der Waals surface area contributed by atoms with Gasteiger partial charge in [0.05, 0.1) is 17.1 Å². The van der Waals surface area contributed by atoms with Crippen molar-refractivity contribution in [2.75, 3.05) is 11.1 Å². The molecule has 0 aliphatic rings. The summed E-state index contributed by atoms with van der Waals surface area (Å²) < 4.78 is 14.7. The summed E-state index contributed by atoms with van der Waals surface area (Å²) in [7, 11) is 0. The lowest BCUT2D eigenvalue weighted by atomic mass is 9.94. The number of carbonyl (C=O) groups is 1. The highest BCUT2D eigenvalue weighted by molar-refractivity contribution is 6.34. The van der Waals surface area contributed by atoms with Crippen LogP contribution in [0.25, 0.3) is 11.1 Å². The fourth-order valence-corrected chi connectivity index (χ4v) is 3.86. The highest BCUT2D eigenvalue weighted by Crippen LogP contribution is 2.43. The molecule has 0 aliphatic heterocycles. The van der Waals surface area contributed by atoms with Crippen LogP contribution < -0.4 is 22.1 Å². The Labute approximate surface area is 202 Å². The molecule has 0 radical (unpaired) electrons. The highest BCUT2D eigenvalue weighted by atomic mass is 35.5. The van der Waals surface area contributed by atoms with E-state index >= 15 is 0 Å².